The van der Waals surface area contributed by atoms with Gasteiger partial charge in [-0.2, -0.15) is 5.10 Å². The van der Waals surface area contributed by atoms with E-state index in [-0.39, 0.29) is 12.5 Å². The molecule has 0 unspecified atom stereocenters. The summed E-state index contributed by atoms with van der Waals surface area (Å²) in [5.74, 6) is 0.0127. The third-order valence-corrected chi connectivity index (χ3v) is 4.39. The Morgan fingerprint density at radius 2 is 2.05 bits per heavy atom. The average molecular weight is 301 g/mol. The highest BCUT2D eigenvalue weighted by molar-refractivity contribution is 5.62. The van der Waals surface area contributed by atoms with E-state index in [9.17, 15) is 10.2 Å². The van der Waals surface area contributed by atoms with Gasteiger partial charge in [-0.05, 0) is 13.0 Å². The molecule has 1 aromatic heterocycles. The van der Waals surface area contributed by atoms with Crippen LogP contribution in [-0.4, -0.2) is 50.7 Å². The highest BCUT2D eigenvalue weighted by Crippen LogP contribution is 2.25. The number of aromatic nitrogens is 2. The Morgan fingerprint density at radius 3 is 2.73 bits per heavy atom. The van der Waals surface area contributed by atoms with Crippen molar-refractivity contribution in [2.45, 2.75) is 19.1 Å². The molecule has 5 nitrogen and oxygen atoms in total. The van der Waals surface area contributed by atoms with E-state index >= 15 is 0 Å². The third-order valence-electron chi connectivity index (χ3n) is 4.39. The quantitative estimate of drug-likeness (QED) is 0.892. The van der Waals surface area contributed by atoms with E-state index in [1.807, 2.05) is 36.1 Å². The van der Waals surface area contributed by atoms with Crippen molar-refractivity contribution < 1.29 is 10.2 Å². The normalized spacial score (nSPS) is 22.9. The number of β-amino-alcohol motifs (C(OH)–C–C–N with tert-alkyl or cyclic N) is 1. The van der Waals surface area contributed by atoms with Crippen LogP contribution in [0.1, 0.15) is 12.0 Å². The van der Waals surface area contributed by atoms with E-state index in [1.54, 1.807) is 0 Å². The summed E-state index contributed by atoms with van der Waals surface area (Å²) < 4.78 is 1.84. The molecule has 1 aliphatic heterocycles. The van der Waals surface area contributed by atoms with Crippen molar-refractivity contribution in [1.29, 1.82) is 0 Å². The second kappa shape index (κ2) is 6.60. The maximum atomic E-state index is 10.1. The van der Waals surface area contributed by atoms with Gasteiger partial charge in [0.1, 0.15) is 0 Å². The Bertz CT molecular complexity index is 612. The zero-order chi connectivity index (χ0) is 15.5. The van der Waals surface area contributed by atoms with Crippen LogP contribution < -0.4 is 0 Å². The zero-order valence-corrected chi connectivity index (χ0v) is 12.9. The van der Waals surface area contributed by atoms with E-state index in [1.165, 1.54) is 5.56 Å². The largest absolute Gasteiger partial charge is 0.396 e. The summed E-state index contributed by atoms with van der Waals surface area (Å²) in [4.78, 5) is 2.24. The molecule has 5 heteroatoms. The highest BCUT2D eigenvalue weighted by atomic mass is 16.3. The first-order chi connectivity index (χ1) is 10.7. The fourth-order valence-electron chi connectivity index (χ4n) is 3.14. The van der Waals surface area contributed by atoms with E-state index < -0.39 is 6.10 Å². The van der Waals surface area contributed by atoms with Gasteiger partial charge in [0.15, 0.2) is 0 Å². The first-order valence-corrected chi connectivity index (χ1v) is 7.76. The van der Waals surface area contributed by atoms with Crippen LogP contribution in [0, 0.1) is 5.92 Å². The molecule has 1 fully saturated rings. The Hall–Kier alpha value is -1.69. The van der Waals surface area contributed by atoms with Crippen LogP contribution in [0.5, 0.6) is 0 Å². The van der Waals surface area contributed by atoms with E-state index in [2.05, 4.69) is 22.1 Å². The minimum absolute atomic E-state index is 0.0127. The van der Waals surface area contributed by atoms with Crippen LogP contribution >= 0.6 is 0 Å². The molecule has 3 rings (SSSR count). The van der Waals surface area contributed by atoms with Crippen molar-refractivity contribution in [3.05, 3.63) is 42.1 Å². The molecule has 0 radical (unpaired) electrons. The predicted octanol–water partition coefficient (Wildman–Crippen LogP) is 1.26. The number of hydrogen-bond donors (Lipinski definition) is 2. The summed E-state index contributed by atoms with van der Waals surface area (Å²) >= 11 is 0. The number of aliphatic hydroxyl groups is 2. The minimum atomic E-state index is -0.449. The first kappa shape index (κ1) is 15.2. The molecule has 2 aromatic rings. The van der Waals surface area contributed by atoms with Gasteiger partial charge in [0.05, 0.1) is 11.8 Å². The number of benzene rings is 1. The molecule has 2 N–H and O–H groups in total. The van der Waals surface area contributed by atoms with Gasteiger partial charge < -0.3 is 10.2 Å². The third kappa shape index (κ3) is 3.21. The highest BCUT2D eigenvalue weighted by Gasteiger charge is 2.27. The lowest BCUT2D eigenvalue weighted by atomic mass is 9.94. The summed E-state index contributed by atoms with van der Waals surface area (Å²) in [5, 5.41) is 23.9. The monoisotopic (exact) mass is 301 g/mol. The Labute approximate surface area is 130 Å². The van der Waals surface area contributed by atoms with Gasteiger partial charge in [-0.25, -0.2) is 0 Å². The molecule has 2 atom stereocenters. The fraction of sp³-hybridized carbons (Fsp3) is 0.471. The van der Waals surface area contributed by atoms with Crippen LogP contribution in [0.2, 0.25) is 0 Å². The van der Waals surface area contributed by atoms with Crippen molar-refractivity contribution in [3.8, 4) is 11.3 Å². The minimum Gasteiger partial charge on any atom is -0.396 e. The predicted molar refractivity (Wildman–Crippen MR) is 85.1 cm³/mol. The van der Waals surface area contributed by atoms with Crippen LogP contribution in [-0.2, 0) is 13.6 Å². The molecule has 2 heterocycles. The lowest BCUT2D eigenvalue weighted by Gasteiger charge is -2.35. The number of likely N-dealkylation sites (tertiary alicyclic amines) is 1. The molecule has 22 heavy (non-hydrogen) atoms. The van der Waals surface area contributed by atoms with Gasteiger partial charge in [-0.15, -0.1) is 0 Å². The van der Waals surface area contributed by atoms with Crippen molar-refractivity contribution >= 4 is 0 Å². The number of rotatable bonds is 4. The second-order valence-corrected chi connectivity index (χ2v) is 6.08. The van der Waals surface area contributed by atoms with Crippen LogP contribution in [0.25, 0.3) is 11.3 Å². The average Bonchev–Trinajstić information content (AvgIpc) is 2.89. The molecule has 0 aliphatic carbocycles. The molecule has 1 aliphatic rings. The summed E-state index contributed by atoms with van der Waals surface area (Å²) in [5.41, 5.74) is 3.29. The van der Waals surface area contributed by atoms with Crippen molar-refractivity contribution in [3.63, 3.8) is 0 Å². The Kier molecular flexibility index (Phi) is 4.57. The Balaban J connectivity index is 1.76. The molecular weight excluding hydrogens is 278 g/mol. The maximum absolute atomic E-state index is 10.1. The van der Waals surface area contributed by atoms with Crippen molar-refractivity contribution in [2.75, 3.05) is 19.7 Å². The summed E-state index contributed by atoms with van der Waals surface area (Å²) in [6, 6.07) is 10.2. The molecule has 0 amide bonds. The zero-order valence-electron chi connectivity index (χ0n) is 12.9. The molecule has 1 saturated heterocycles. The number of piperidine rings is 1. The number of aliphatic hydroxyl groups excluding tert-OH is 2. The lowest BCUT2D eigenvalue weighted by Crippen LogP contribution is -2.44. The summed E-state index contributed by atoms with van der Waals surface area (Å²) in [7, 11) is 1.93. The van der Waals surface area contributed by atoms with Gasteiger partial charge in [0.2, 0.25) is 0 Å². The fourth-order valence-corrected chi connectivity index (χ4v) is 3.14. The van der Waals surface area contributed by atoms with E-state index in [0.717, 1.165) is 30.8 Å². The maximum Gasteiger partial charge on any atom is 0.0968 e. The number of hydrogen-bond acceptors (Lipinski definition) is 4. The van der Waals surface area contributed by atoms with Gasteiger partial charge in [0.25, 0.3) is 0 Å². The summed E-state index contributed by atoms with van der Waals surface area (Å²) in [6.45, 7) is 2.34. The van der Waals surface area contributed by atoms with Gasteiger partial charge in [-0.1, -0.05) is 30.3 Å². The van der Waals surface area contributed by atoms with Gasteiger partial charge in [-0.3, -0.25) is 9.58 Å². The van der Waals surface area contributed by atoms with Crippen LogP contribution in [0.4, 0.5) is 0 Å². The Morgan fingerprint density at radius 1 is 1.27 bits per heavy atom. The topological polar surface area (TPSA) is 61.5 Å². The molecule has 0 bridgehead atoms. The number of aryl methyl sites for hydroxylation is 1. The standard InChI is InChI=1S/C17H23N3O2/c1-19-9-15(17(18-19)13-5-3-2-4-6-13)10-20-8-7-14(12-21)16(22)11-20/h2-6,9,14,16,21-22H,7-8,10-12H2,1H3/t14-,16-/m1/s1. The molecule has 0 spiro atoms. The number of nitrogens with zero attached hydrogens (tertiary/aromatic N) is 3. The van der Waals surface area contributed by atoms with E-state index in [0.29, 0.717) is 6.54 Å². The van der Waals surface area contributed by atoms with Crippen molar-refractivity contribution in [2.24, 2.45) is 13.0 Å². The SMILES string of the molecule is Cn1cc(CN2CC[C@H](CO)[C@H](O)C2)c(-c2ccccc2)n1. The molecular formula is C17H23N3O2. The lowest BCUT2D eigenvalue weighted by molar-refractivity contribution is -0.00440. The van der Waals surface area contributed by atoms with E-state index in [4.69, 9.17) is 0 Å². The smallest absolute Gasteiger partial charge is 0.0968 e. The van der Waals surface area contributed by atoms with Gasteiger partial charge in [0, 0.05) is 50.0 Å². The second-order valence-electron chi connectivity index (χ2n) is 6.08. The van der Waals surface area contributed by atoms with Crippen LogP contribution in [0.15, 0.2) is 36.5 Å². The first-order valence-electron chi connectivity index (χ1n) is 7.76. The molecule has 118 valence electrons. The van der Waals surface area contributed by atoms with Crippen LogP contribution in [0.3, 0.4) is 0 Å². The summed E-state index contributed by atoms with van der Waals surface area (Å²) in [6.07, 6.45) is 2.43. The van der Waals surface area contributed by atoms with Crippen molar-refractivity contribution in [1.82, 2.24) is 14.7 Å². The van der Waals surface area contributed by atoms with Gasteiger partial charge >= 0.3 is 0 Å². The molecule has 1 aromatic carbocycles. The molecule has 0 saturated carbocycles.